The van der Waals surface area contributed by atoms with Crippen LogP contribution in [0.2, 0.25) is 5.02 Å². The van der Waals surface area contributed by atoms with Crippen LogP contribution in [0.3, 0.4) is 0 Å². The lowest BCUT2D eigenvalue weighted by molar-refractivity contribution is -0.134. The fourth-order valence-corrected chi connectivity index (χ4v) is 3.59. The highest BCUT2D eigenvalue weighted by atomic mass is 35.5. The Bertz CT molecular complexity index is 863. The van der Waals surface area contributed by atoms with Crippen LogP contribution >= 0.6 is 11.6 Å². The van der Waals surface area contributed by atoms with Gasteiger partial charge in [0.2, 0.25) is 5.91 Å². The largest absolute Gasteiger partial charge is 0.390 e. The first-order valence-corrected chi connectivity index (χ1v) is 10.1. The number of halogens is 1. The Kier molecular flexibility index (Phi) is 6.74. The number of hydrogen-bond acceptors (Lipinski definition) is 3. The molecule has 0 bridgehead atoms. The number of rotatable bonds is 7. The number of benzene rings is 2. The molecule has 4 nitrogen and oxygen atoms in total. The van der Waals surface area contributed by atoms with E-state index in [0.29, 0.717) is 36.9 Å². The number of oxime groups is 1. The van der Waals surface area contributed by atoms with Gasteiger partial charge >= 0.3 is 0 Å². The molecule has 0 spiro atoms. The van der Waals surface area contributed by atoms with Gasteiger partial charge in [0.15, 0.2) is 6.10 Å². The van der Waals surface area contributed by atoms with Crippen molar-refractivity contribution in [3.63, 3.8) is 0 Å². The molecule has 5 heteroatoms. The van der Waals surface area contributed by atoms with Gasteiger partial charge in [0.1, 0.15) is 0 Å². The van der Waals surface area contributed by atoms with E-state index in [0.717, 1.165) is 16.8 Å². The normalized spacial score (nSPS) is 16.0. The van der Waals surface area contributed by atoms with Crippen LogP contribution in [0.1, 0.15) is 43.4 Å². The zero-order valence-electron chi connectivity index (χ0n) is 16.7. The lowest BCUT2D eigenvalue weighted by atomic mass is 10.00. The zero-order valence-corrected chi connectivity index (χ0v) is 17.4. The molecule has 0 saturated heterocycles. The molecular weight excluding hydrogens is 372 g/mol. The summed E-state index contributed by atoms with van der Waals surface area (Å²) in [5.41, 5.74) is 4.17. The predicted octanol–water partition coefficient (Wildman–Crippen LogP) is 5.22. The molecule has 0 fully saturated rings. The number of amides is 1. The Morgan fingerprint density at radius 3 is 2.64 bits per heavy atom. The van der Waals surface area contributed by atoms with Crippen molar-refractivity contribution < 1.29 is 9.63 Å². The lowest BCUT2D eigenvalue weighted by Crippen LogP contribution is -2.37. The summed E-state index contributed by atoms with van der Waals surface area (Å²) in [7, 11) is 0. The molecule has 2 aromatic rings. The molecular formula is C23H27ClN2O2. The first kappa shape index (κ1) is 20.4. The summed E-state index contributed by atoms with van der Waals surface area (Å²) < 4.78 is 0. The monoisotopic (exact) mass is 398 g/mol. The highest BCUT2D eigenvalue weighted by Gasteiger charge is 2.27. The Morgan fingerprint density at radius 2 is 1.93 bits per heavy atom. The molecule has 28 heavy (non-hydrogen) atoms. The summed E-state index contributed by atoms with van der Waals surface area (Å²) in [5, 5.41) is 4.97. The van der Waals surface area contributed by atoms with E-state index >= 15 is 0 Å². The minimum absolute atomic E-state index is 0.114. The van der Waals surface area contributed by atoms with Crippen LogP contribution in [0.15, 0.2) is 53.7 Å². The van der Waals surface area contributed by atoms with Crippen molar-refractivity contribution in [3.8, 4) is 0 Å². The average molecular weight is 399 g/mol. The maximum atomic E-state index is 12.9. The molecule has 1 aliphatic rings. The van der Waals surface area contributed by atoms with Gasteiger partial charge in [-0.2, -0.15) is 0 Å². The summed E-state index contributed by atoms with van der Waals surface area (Å²) in [5.74, 6) is 0.410. The summed E-state index contributed by atoms with van der Waals surface area (Å²) in [4.78, 5) is 20.4. The summed E-state index contributed by atoms with van der Waals surface area (Å²) in [6.45, 7) is 7.15. The minimum atomic E-state index is -0.145. The maximum Gasteiger partial charge on any atom is 0.223 e. The molecule has 0 aliphatic carbocycles. The standard InChI is InChI=1S/C23H27ClN2O2/c1-16(2)12-23(27)26(14-18-9-5-7-11-21(18)24)15-19-13-22(25-28-19)20-10-6-4-8-17(20)3/h4-11,16,19H,12-15H2,1-3H3/t19-/m1/s1. The van der Waals surface area contributed by atoms with Crippen molar-refractivity contribution in [1.82, 2.24) is 4.90 Å². The van der Waals surface area contributed by atoms with Crippen LogP contribution in [0, 0.1) is 12.8 Å². The SMILES string of the molecule is Cc1ccccc1C1=NO[C@@H](CN(Cc2ccccc2Cl)C(=O)CC(C)C)C1. The third-order valence-electron chi connectivity index (χ3n) is 4.87. The van der Waals surface area contributed by atoms with E-state index in [1.165, 1.54) is 5.56 Å². The van der Waals surface area contributed by atoms with E-state index in [9.17, 15) is 4.79 Å². The second kappa shape index (κ2) is 9.24. The third-order valence-corrected chi connectivity index (χ3v) is 5.24. The van der Waals surface area contributed by atoms with E-state index in [1.54, 1.807) is 0 Å². The number of hydrogen-bond donors (Lipinski definition) is 0. The highest BCUT2D eigenvalue weighted by molar-refractivity contribution is 6.31. The van der Waals surface area contributed by atoms with Crippen molar-refractivity contribution in [2.24, 2.45) is 11.1 Å². The van der Waals surface area contributed by atoms with Crippen molar-refractivity contribution in [2.45, 2.75) is 46.3 Å². The number of carbonyl (C=O) groups excluding carboxylic acids is 1. The van der Waals surface area contributed by atoms with E-state index in [1.807, 2.05) is 41.3 Å². The molecule has 0 N–H and O–H groups in total. The van der Waals surface area contributed by atoms with Gasteiger partial charge in [0.05, 0.1) is 12.3 Å². The third kappa shape index (κ3) is 5.14. The van der Waals surface area contributed by atoms with Crippen LogP contribution in [0.25, 0.3) is 0 Å². The van der Waals surface area contributed by atoms with Crippen LogP contribution < -0.4 is 0 Å². The zero-order chi connectivity index (χ0) is 20.1. The lowest BCUT2D eigenvalue weighted by Gasteiger charge is -2.26. The van der Waals surface area contributed by atoms with Crippen LogP contribution in [0.4, 0.5) is 0 Å². The van der Waals surface area contributed by atoms with Gasteiger partial charge in [-0.15, -0.1) is 0 Å². The Hall–Kier alpha value is -2.33. The van der Waals surface area contributed by atoms with Crippen molar-refractivity contribution in [2.75, 3.05) is 6.54 Å². The van der Waals surface area contributed by atoms with Gasteiger partial charge in [-0.05, 0) is 30.0 Å². The van der Waals surface area contributed by atoms with Crippen LogP contribution in [-0.2, 0) is 16.2 Å². The van der Waals surface area contributed by atoms with Gasteiger partial charge in [0.25, 0.3) is 0 Å². The molecule has 3 rings (SSSR count). The van der Waals surface area contributed by atoms with Crippen LogP contribution in [0.5, 0.6) is 0 Å². The fourth-order valence-electron chi connectivity index (χ4n) is 3.39. The molecule has 2 aromatic carbocycles. The van der Waals surface area contributed by atoms with E-state index in [-0.39, 0.29) is 12.0 Å². The fraction of sp³-hybridized carbons (Fsp3) is 0.391. The molecule has 0 unspecified atom stereocenters. The second-order valence-electron chi connectivity index (χ2n) is 7.75. The quantitative estimate of drug-likeness (QED) is 0.641. The minimum Gasteiger partial charge on any atom is -0.390 e. The van der Waals surface area contributed by atoms with E-state index in [2.05, 4.69) is 38.1 Å². The molecule has 148 valence electrons. The molecule has 1 heterocycles. The summed E-state index contributed by atoms with van der Waals surface area (Å²) in [6, 6.07) is 15.8. The van der Waals surface area contributed by atoms with Gasteiger partial charge in [-0.25, -0.2) is 0 Å². The van der Waals surface area contributed by atoms with Crippen molar-refractivity contribution >= 4 is 23.2 Å². The molecule has 0 radical (unpaired) electrons. The van der Waals surface area contributed by atoms with Crippen LogP contribution in [-0.4, -0.2) is 29.2 Å². The summed E-state index contributed by atoms with van der Waals surface area (Å²) >= 11 is 6.32. The number of aryl methyl sites for hydroxylation is 1. The van der Waals surface area contributed by atoms with Gasteiger partial charge < -0.3 is 9.74 Å². The summed E-state index contributed by atoms with van der Waals surface area (Å²) in [6.07, 6.45) is 1.05. The topological polar surface area (TPSA) is 41.9 Å². The predicted molar refractivity (Wildman–Crippen MR) is 114 cm³/mol. The molecule has 1 amide bonds. The Labute approximate surface area is 172 Å². The van der Waals surface area contributed by atoms with E-state index in [4.69, 9.17) is 16.4 Å². The van der Waals surface area contributed by atoms with Gasteiger partial charge in [-0.1, -0.05) is 73.1 Å². The molecule has 1 aliphatic heterocycles. The van der Waals surface area contributed by atoms with E-state index < -0.39 is 0 Å². The Balaban J connectivity index is 1.71. The first-order chi connectivity index (χ1) is 13.4. The van der Waals surface area contributed by atoms with Gasteiger partial charge in [-0.3, -0.25) is 4.79 Å². The smallest absolute Gasteiger partial charge is 0.223 e. The molecule has 1 atom stereocenters. The average Bonchev–Trinajstić information content (AvgIpc) is 3.11. The molecule has 0 aromatic heterocycles. The van der Waals surface area contributed by atoms with Gasteiger partial charge in [0, 0.05) is 30.0 Å². The van der Waals surface area contributed by atoms with Crippen molar-refractivity contribution in [3.05, 3.63) is 70.2 Å². The van der Waals surface area contributed by atoms with Crippen molar-refractivity contribution in [1.29, 1.82) is 0 Å². The number of carbonyl (C=O) groups is 1. The Morgan fingerprint density at radius 1 is 1.21 bits per heavy atom. The highest BCUT2D eigenvalue weighted by Crippen LogP contribution is 2.23. The maximum absolute atomic E-state index is 12.9. The first-order valence-electron chi connectivity index (χ1n) is 9.74. The second-order valence-corrected chi connectivity index (χ2v) is 8.16. The number of nitrogens with zero attached hydrogens (tertiary/aromatic N) is 2. The molecule has 0 saturated carbocycles.